The van der Waals surface area contributed by atoms with E-state index in [9.17, 15) is 0 Å². The predicted octanol–water partition coefficient (Wildman–Crippen LogP) is 3.48. The number of aromatic nitrogens is 1. The van der Waals surface area contributed by atoms with E-state index < -0.39 is 0 Å². The standard InChI is InChI=1S/C13H21N/c1-10(2)8-12-6-5-7-14-13(12)9-11(3)4/h5-7,10-11H,8-9H2,1-4H3. The summed E-state index contributed by atoms with van der Waals surface area (Å²) < 4.78 is 0. The minimum absolute atomic E-state index is 0.691. The second-order valence-corrected chi connectivity index (χ2v) is 4.81. The van der Waals surface area contributed by atoms with Crippen LogP contribution in [0.5, 0.6) is 0 Å². The third-order valence-corrected chi connectivity index (χ3v) is 2.21. The maximum absolute atomic E-state index is 4.47. The molecule has 1 aromatic heterocycles. The van der Waals surface area contributed by atoms with Gasteiger partial charge in [0.25, 0.3) is 0 Å². The van der Waals surface area contributed by atoms with Gasteiger partial charge in [-0.25, -0.2) is 0 Å². The molecule has 0 aromatic carbocycles. The van der Waals surface area contributed by atoms with Crippen molar-refractivity contribution in [1.82, 2.24) is 4.98 Å². The zero-order valence-electron chi connectivity index (χ0n) is 9.75. The first kappa shape index (κ1) is 11.2. The molecular formula is C13H21N. The van der Waals surface area contributed by atoms with Crippen LogP contribution in [0.2, 0.25) is 0 Å². The Morgan fingerprint density at radius 3 is 2.29 bits per heavy atom. The second-order valence-electron chi connectivity index (χ2n) is 4.81. The summed E-state index contributed by atoms with van der Waals surface area (Å²) in [4.78, 5) is 4.47. The van der Waals surface area contributed by atoms with E-state index in [1.54, 1.807) is 0 Å². The molecule has 0 saturated carbocycles. The highest BCUT2D eigenvalue weighted by atomic mass is 14.7. The van der Waals surface area contributed by atoms with Crippen molar-refractivity contribution >= 4 is 0 Å². The summed E-state index contributed by atoms with van der Waals surface area (Å²) in [5.41, 5.74) is 2.72. The summed E-state index contributed by atoms with van der Waals surface area (Å²) in [5, 5.41) is 0. The molecule has 1 nitrogen and oxygen atoms in total. The van der Waals surface area contributed by atoms with Crippen LogP contribution in [0.1, 0.15) is 39.0 Å². The summed E-state index contributed by atoms with van der Waals surface area (Å²) in [5.74, 6) is 1.40. The molecule has 1 heterocycles. The van der Waals surface area contributed by atoms with Crippen molar-refractivity contribution in [3.63, 3.8) is 0 Å². The number of hydrogen-bond acceptors (Lipinski definition) is 1. The van der Waals surface area contributed by atoms with E-state index in [0.717, 1.165) is 12.8 Å². The van der Waals surface area contributed by atoms with Crippen molar-refractivity contribution in [2.75, 3.05) is 0 Å². The SMILES string of the molecule is CC(C)Cc1cccnc1CC(C)C. The summed E-state index contributed by atoms with van der Waals surface area (Å²) in [6.45, 7) is 9.00. The molecule has 0 amide bonds. The molecule has 0 N–H and O–H groups in total. The maximum Gasteiger partial charge on any atom is 0.0438 e. The average Bonchev–Trinajstić information content (AvgIpc) is 2.06. The highest BCUT2D eigenvalue weighted by molar-refractivity contribution is 5.20. The van der Waals surface area contributed by atoms with Crippen LogP contribution in [0, 0.1) is 11.8 Å². The lowest BCUT2D eigenvalue weighted by Gasteiger charge is -2.11. The normalized spacial score (nSPS) is 11.3. The van der Waals surface area contributed by atoms with Gasteiger partial charge in [0.05, 0.1) is 0 Å². The van der Waals surface area contributed by atoms with Crippen LogP contribution in [-0.4, -0.2) is 4.98 Å². The lowest BCUT2D eigenvalue weighted by Crippen LogP contribution is -2.04. The van der Waals surface area contributed by atoms with Crippen molar-refractivity contribution in [2.45, 2.75) is 40.5 Å². The molecule has 0 bridgehead atoms. The van der Waals surface area contributed by atoms with Crippen LogP contribution in [0.4, 0.5) is 0 Å². The van der Waals surface area contributed by atoms with Gasteiger partial charge in [-0.2, -0.15) is 0 Å². The molecule has 0 radical (unpaired) electrons. The molecule has 14 heavy (non-hydrogen) atoms. The predicted molar refractivity (Wildman–Crippen MR) is 61.3 cm³/mol. The van der Waals surface area contributed by atoms with Gasteiger partial charge < -0.3 is 0 Å². The van der Waals surface area contributed by atoms with Crippen LogP contribution in [-0.2, 0) is 12.8 Å². The van der Waals surface area contributed by atoms with Gasteiger partial charge >= 0.3 is 0 Å². The first-order chi connectivity index (χ1) is 6.59. The maximum atomic E-state index is 4.47. The van der Waals surface area contributed by atoms with Crippen LogP contribution < -0.4 is 0 Å². The topological polar surface area (TPSA) is 12.9 Å². The van der Waals surface area contributed by atoms with E-state index in [0.29, 0.717) is 11.8 Å². The molecular weight excluding hydrogens is 170 g/mol. The highest BCUT2D eigenvalue weighted by Gasteiger charge is 2.06. The van der Waals surface area contributed by atoms with Gasteiger partial charge in [0, 0.05) is 11.9 Å². The van der Waals surface area contributed by atoms with Crippen LogP contribution in [0.25, 0.3) is 0 Å². The Kier molecular flexibility index (Phi) is 4.12. The Hall–Kier alpha value is -0.850. The Bertz CT molecular complexity index is 247. The molecule has 0 fully saturated rings. The summed E-state index contributed by atoms with van der Waals surface area (Å²) in [7, 11) is 0. The van der Waals surface area contributed by atoms with Gasteiger partial charge in [-0.3, -0.25) is 4.98 Å². The van der Waals surface area contributed by atoms with Crippen molar-refractivity contribution < 1.29 is 0 Å². The minimum atomic E-state index is 0.691. The fraction of sp³-hybridized carbons (Fsp3) is 0.615. The number of pyridine rings is 1. The summed E-state index contributed by atoms with van der Waals surface area (Å²) in [6, 6.07) is 4.26. The molecule has 1 aromatic rings. The first-order valence-corrected chi connectivity index (χ1v) is 5.52. The minimum Gasteiger partial charge on any atom is -0.261 e. The third-order valence-electron chi connectivity index (χ3n) is 2.21. The van der Waals surface area contributed by atoms with Gasteiger partial charge in [-0.15, -0.1) is 0 Å². The number of nitrogens with zero attached hydrogens (tertiary/aromatic N) is 1. The molecule has 0 atom stereocenters. The number of hydrogen-bond donors (Lipinski definition) is 0. The van der Waals surface area contributed by atoms with Crippen molar-refractivity contribution in [3.8, 4) is 0 Å². The van der Waals surface area contributed by atoms with Crippen LogP contribution in [0.15, 0.2) is 18.3 Å². The largest absolute Gasteiger partial charge is 0.261 e. The number of rotatable bonds is 4. The molecule has 1 rings (SSSR count). The fourth-order valence-electron chi connectivity index (χ4n) is 1.67. The molecule has 0 aliphatic carbocycles. The molecule has 1 heteroatoms. The van der Waals surface area contributed by atoms with E-state index in [1.165, 1.54) is 11.3 Å². The zero-order chi connectivity index (χ0) is 10.6. The average molecular weight is 191 g/mol. The van der Waals surface area contributed by atoms with Gasteiger partial charge in [0.2, 0.25) is 0 Å². The zero-order valence-corrected chi connectivity index (χ0v) is 9.75. The van der Waals surface area contributed by atoms with Crippen molar-refractivity contribution in [3.05, 3.63) is 29.6 Å². The molecule has 0 aliphatic rings. The van der Waals surface area contributed by atoms with Crippen molar-refractivity contribution in [2.24, 2.45) is 11.8 Å². The van der Waals surface area contributed by atoms with Gasteiger partial charge in [-0.1, -0.05) is 33.8 Å². The Labute approximate surface area is 87.6 Å². The third kappa shape index (κ3) is 3.49. The quantitative estimate of drug-likeness (QED) is 0.710. The Morgan fingerprint density at radius 2 is 1.71 bits per heavy atom. The highest BCUT2D eigenvalue weighted by Crippen LogP contribution is 2.14. The Balaban J connectivity index is 2.80. The molecule has 0 unspecified atom stereocenters. The fourth-order valence-corrected chi connectivity index (χ4v) is 1.67. The van der Waals surface area contributed by atoms with Crippen molar-refractivity contribution in [1.29, 1.82) is 0 Å². The Morgan fingerprint density at radius 1 is 1.07 bits per heavy atom. The van der Waals surface area contributed by atoms with E-state index in [2.05, 4.69) is 38.7 Å². The van der Waals surface area contributed by atoms with Crippen LogP contribution >= 0.6 is 0 Å². The van der Waals surface area contributed by atoms with Gasteiger partial charge in [-0.05, 0) is 36.3 Å². The molecule has 0 saturated heterocycles. The first-order valence-electron chi connectivity index (χ1n) is 5.52. The van der Waals surface area contributed by atoms with Gasteiger partial charge in [0.15, 0.2) is 0 Å². The van der Waals surface area contributed by atoms with Gasteiger partial charge in [0.1, 0.15) is 0 Å². The lowest BCUT2D eigenvalue weighted by molar-refractivity contribution is 0.605. The smallest absolute Gasteiger partial charge is 0.0438 e. The van der Waals surface area contributed by atoms with E-state index >= 15 is 0 Å². The summed E-state index contributed by atoms with van der Waals surface area (Å²) in [6.07, 6.45) is 4.15. The summed E-state index contributed by atoms with van der Waals surface area (Å²) >= 11 is 0. The molecule has 0 spiro atoms. The second kappa shape index (κ2) is 5.14. The molecule has 78 valence electrons. The van der Waals surface area contributed by atoms with E-state index in [4.69, 9.17) is 0 Å². The van der Waals surface area contributed by atoms with Crippen LogP contribution in [0.3, 0.4) is 0 Å². The molecule has 0 aliphatic heterocycles. The van der Waals surface area contributed by atoms with E-state index in [-0.39, 0.29) is 0 Å². The van der Waals surface area contributed by atoms with E-state index in [1.807, 2.05) is 12.3 Å². The monoisotopic (exact) mass is 191 g/mol. The lowest BCUT2D eigenvalue weighted by atomic mass is 9.97.